The molecule has 21 heavy (non-hydrogen) atoms. The molecule has 0 radical (unpaired) electrons. The number of alkyl halides is 3. The van der Waals surface area contributed by atoms with E-state index in [0.29, 0.717) is 6.92 Å². The molecule has 0 bridgehead atoms. The molecule has 0 aliphatic rings. The summed E-state index contributed by atoms with van der Waals surface area (Å²) in [7, 11) is 0. The van der Waals surface area contributed by atoms with Gasteiger partial charge in [-0.2, -0.15) is 13.2 Å². The third-order valence-corrected chi connectivity index (χ3v) is 3.32. The van der Waals surface area contributed by atoms with Crippen molar-refractivity contribution in [3.8, 4) is 0 Å². The molecule has 116 valence electrons. The molecule has 4 N–H and O–H groups in total. The Morgan fingerprint density at radius 1 is 1.38 bits per heavy atom. The summed E-state index contributed by atoms with van der Waals surface area (Å²) in [4.78, 5) is 21.8. The Labute approximate surface area is 122 Å². The van der Waals surface area contributed by atoms with E-state index in [0.717, 1.165) is 0 Å². The van der Waals surface area contributed by atoms with Gasteiger partial charge in [0.05, 0.1) is 0 Å². The summed E-state index contributed by atoms with van der Waals surface area (Å²) in [6, 6.07) is 3.79. The molecule has 1 amide bonds. The number of carboxylic acids is 1. The van der Waals surface area contributed by atoms with E-state index in [1.165, 1.54) is 18.2 Å². The number of amides is 1. The van der Waals surface area contributed by atoms with Gasteiger partial charge in [-0.05, 0) is 24.6 Å². The monoisotopic (exact) mass is 324 g/mol. The van der Waals surface area contributed by atoms with Crippen molar-refractivity contribution in [2.75, 3.05) is 0 Å². The number of nitrogens with two attached hydrogens (primary N) is 1. The average Bonchev–Trinajstić information content (AvgIpc) is 2.34. The Morgan fingerprint density at radius 3 is 2.33 bits per heavy atom. The molecule has 0 aromatic heterocycles. The lowest BCUT2D eigenvalue weighted by Crippen LogP contribution is -2.59. The lowest BCUT2D eigenvalue weighted by atomic mass is 10.0. The highest BCUT2D eigenvalue weighted by Gasteiger charge is 2.57. The fourth-order valence-electron chi connectivity index (χ4n) is 1.41. The van der Waals surface area contributed by atoms with E-state index in [2.05, 4.69) is 0 Å². The van der Waals surface area contributed by atoms with Crippen LogP contribution in [0.25, 0.3) is 0 Å². The lowest BCUT2D eigenvalue weighted by molar-refractivity contribution is -0.206. The standard InChI is InChI=1S/C12H12ClF3N2O3/c1-11(10(20)21,12(14,15)16)18-5-7-3-2-6(9(17)19)4-8(7)13/h2-4,18H,5H2,1H3,(H2,17,19)(H,20,21). The maximum absolute atomic E-state index is 12.8. The predicted molar refractivity (Wildman–Crippen MR) is 68.9 cm³/mol. The fraction of sp³-hybridized carbons (Fsp3) is 0.333. The van der Waals surface area contributed by atoms with Crippen molar-refractivity contribution in [1.82, 2.24) is 5.32 Å². The third-order valence-electron chi connectivity index (χ3n) is 2.96. The van der Waals surface area contributed by atoms with Crippen LogP contribution in [0.2, 0.25) is 5.02 Å². The Morgan fingerprint density at radius 2 is 1.95 bits per heavy atom. The van der Waals surface area contributed by atoms with Crippen LogP contribution in [0.4, 0.5) is 13.2 Å². The maximum Gasteiger partial charge on any atom is 0.417 e. The van der Waals surface area contributed by atoms with Gasteiger partial charge in [-0.15, -0.1) is 0 Å². The highest BCUT2D eigenvalue weighted by Crippen LogP contribution is 2.31. The van der Waals surface area contributed by atoms with Gasteiger partial charge in [0.15, 0.2) is 0 Å². The molecular formula is C12H12ClF3N2O3. The van der Waals surface area contributed by atoms with Gasteiger partial charge in [-0.25, -0.2) is 4.79 Å². The first-order valence-electron chi connectivity index (χ1n) is 5.62. The highest BCUT2D eigenvalue weighted by molar-refractivity contribution is 6.31. The minimum Gasteiger partial charge on any atom is -0.480 e. The van der Waals surface area contributed by atoms with Gasteiger partial charge in [-0.3, -0.25) is 10.1 Å². The second-order valence-electron chi connectivity index (χ2n) is 4.45. The average molecular weight is 325 g/mol. The number of carbonyl (C=O) groups is 2. The van der Waals surface area contributed by atoms with Crippen molar-refractivity contribution in [2.45, 2.75) is 25.2 Å². The van der Waals surface area contributed by atoms with Crippen LogP contribution >= 0.6 is 11.6 Å². The van der Waals surface area contributed by atoms with Crippen molar-refractivity contribution >= 4 is 23.5 Å². The molecule has 0 heterocycles. The Balaban J connectivity index is 2.97. The summed E-state index contributed by atoms with van der Waals surface area (Å²) in [5, 5.41) is 10.7. The van der Waals surface area contributed by atoms with Gasteiger partial charge in [0.25, 0.3) is 0 Å². The van der Waals surface area contributed by atoms with E-state index < -0.39 is 30.1 Å². The number of aliphatic carboxylic acids is 1. The van der Waals surface area contributed by atoms with Gasteiger partial charge in [0.1, 0.15) is 0 Å². The molecule has 0 aliphatic heterocycles. The molecule has 1 unspecified atom stereocenters. The summed E-state index contributed by atoms with van der Waals surface area (Å²) in [6.07, 6.45) is -4.99. The van der Waals surface area contributed by atoms with Gasteiger partial charge in [-0.1, -0.05) is 17.7 Å². The molecule has 0 spiro atoms. The number of primary amides is 1. The predicted octanol–water partition coefficient (Wildman–Crippen LogP) is 1.93. The molecule has 9 heteroatoms. The molecular weight excluding hydrogens is 313 g/mol. The van der Waals surface area contributed by atoms with Crippen molar-refractivity contribution < 1.29 is 27.9 Å². The SMILES string of the molecule is CC(NCc1ccc(C(N)=O)cc1Cl)(C(=O)O)C(F)(F)F. The summed E-state index contributed by atoms with van der Waals surface area (Å²) in [5.41, 5.74) is 2.23. The fourth-order valence-corrected chi connectivity index (χ4v) is 1.66. The molecule has 1 aromatic carbocycles. The minimum absolute atomic E-state index is 0.00807. The van der Waals surface area contributed by atoms with Crippen LogP contribution in [-0.4, -0.2) is 28.7 Å². The van der Waals surface area contributed by atoms with Crippen LogP contribution in [0.5, 0.6) is 0 Å². The zero-order valence-corrected chi connectivity index (χ0v) is 11.5. The number of halogens is 4. The molecule has 1 aromatic rings. The molecule has 0 saturated carbocycles. The number of carboxylic acid groups (broad SMARTS) is 1. The van der Waals surface area contributed by atoms with Gasteiger partial charge in [0.2, 0.25) is 11.4 Å². The minimum atomic E-state index is -4.99. The normalized spacial score (nSPS) is 14.5. The zero-order valence-electron chi connectivity index (χ0n) is 10.8. The van der Waals surface area contributed by atoms with Crippen LogP contribution in [0.3, 0.4) is 0 Å². The first kappa shape index (κ1) is 17.3. The summed E-state index contributed by atoms with van der Waals surface area (Å²) < 4.78 is 38.4. The topological polar surface area (TPSA) is 92.4 Å². The largest absolute Gasteiger partial charge is 0.480 e. The van der Waals surface area contributed by atoms with Crippen LogP contribution in [0, 0.1) is 0 Å². The smallest absolute Gasteiger partial charge is 0.417 e. The van der Waals surface area contributed by atoms with Crippen LogP contribution in [0.1, 0.15) is 22.8 Å². The van der Waals surface area contributed by atoms with Crippen LogP contribution < -0.4 is 11.1 Å². The van der Waals surface area contributed by atoms with E-state index in [-0.39, 0.29) is 16.1 Å². The molecule has 0 saturated heterocycles. The summed E-state index contributed by atoms with van der Waals surface area (Å²) >= 11 is 5.82. The molecule has 5 nitrogen and oxygen atoms in total. The third kappa shape index (κ3) is 3.64. The number of rotatable bonds is 5. The van der Waals surface area contributed by atoms with Crippen molar-refractivity contribution in [1.29, 1.82) is 0 Å². The van der Waals surface area contributed by atoms with Crippen molar-refractivity contribution in [3.63, 3.8) is 0 Å². The number of hydrogen-bond acceptors (Lipinski definition) is 3. The first-order chi connectivity index (χ1) is 9.49. The van der Waals surface area contributed by atoms with Gasteiger partial charge in [0, 0.05) is 17.1 Å². The Hall–Kier alpha value is -1.80. The van der Waals surface area contributed by atoms with Crippen LogP contribution in [0.15, 0.2) is 18.2 Å². The number of benzene rings is 1. The lowest BCUT2D eigenvalue weighted by Gasteiger charge is -2.28. The van der Waals surface area contributed by atoms with Gasteiger partial charge < -0.3 is 10.8 Å². The number of carbonyl (C=O) groups excluding carboxylic acids is 1. The Kier molecular flexibility index (Phi) is 4.85. The summed E-state index contributed by atoms with van der Waals surface area (Å²) in [6.45, 7) is 0.0706. The summed E-state index contributed by atoms with van der Waals surface area (Å²) in [5.74, 6) is -2.79. The van der Waals surface area contributed by atoms with E-state index in [1.807, 2.05) is 5.32 Å². The van der Waals surface area contributed by atoms with Gasteiger partial charge >= 0.3 is 12.1 Å². The second-order valence-corrected chi connectivity index (χ2v) is 4.86. The first-order valence-corrected chi connectivity index (χ1v) is 6.00. The highest BCUT2D eigenvalue weighted by atomic mass is 35.5. The molecule has 1 rings (SSSR count). The molecule has 0 fully saturated rings. The zero-order chi connectivity index (χ0) is 16.4. The Bertz CT molecular complexity index is 577. The molecule has 1 atom stereocenters. The van der Waals surface area contributed by atoms with E-state index in [4.69, 9.17) is 22.4 Å². The number of hydrogen-bond donors (Lipinski definition) is 3. The quantitative estimate of drug-likeness (QED) is 0.771. The number of nitrogens with one attached hydrogen (secondary N) is 1. The van der Waals surface area contributed by atoms with E-state index in [9.17, 15) is 22.8 Å². The maximum atomic E-state index is 12.8. The van der Waals surface area contributed by atoms with Crippen molar-refractivity contribution in [2.24, 2.45) is 5.73 Å². The van der Waals surface area contributed by atoms with Crippen LogP contribution in [-0.2, 0) is 11.3 Å². The van der Waals surface area contributed by atoms with E-state index >= 15 is 0 Å². The second kappa shape index (κ2) is 5.90. The molecule has 0 aliphatic carbocycles. The van der Waals surface area contributed by atoms with E-state index in [1.54, 1.807) is 0 Å². The van der Waals surface area contributed by atoms with Crippen molar-refractivity contribution in [3.05, 3.63) is 34.3 Å².